The van der Waals surface area contributed by atoms with Crippen LogP contribution in [0.15, 0.2) is 54.1 Å². The van der Waals surface area contributed by atoms with Crippen LogP contribution in [0.2, 0.25) is 0 Å². The van der Waals surface area contributed by atoms with Crippen molar-refractivity contribution in [3.63, 3.8) is 0 Å². The van der Waals surface area contributed by atoms with E-state index in [1.54, 1.807) is 30.3 Å². The van der Waals surface area contributed by atoms with Crippen LogP contribution in [0.5, 0.6) is 5.75 Å². The molecule has 1 saturated heterocycles. The van der Waals surface area contributed by atoms with Crippen LogP contribution in [0.4, 0.5) is 11.4 Å². The van der Waals surface area contributed by atoms with E-state index in [0.29, 0.717) is 5.69 Å². The first-order valence-corrected chi connectivity index (χ1v) is 7.92. The number of para-hydroxylation sites is 1. The van der Waals surface area contributed by atoms with Crippen molar-refractivity contribution >= 4 is 35.2 Å². The molecule has 3 rings (SSSR count). The highest BCUT2D eigenvalue weighted by atomic mass is 16.6. The Morgan fingerprint density at radius 1 is 1.21 bits per heavy atom. The summed E-state index contributed by atoms with van der Waals surface area (Å²) in [7, 11) is 0. The molecule has 28 heavy (non-hydrogen) atoms. The second kappa shape index (κ2) is 7.58. The van der Waals surface area contributed by atoms with Crippen LogP contribution in [0.1, 0.15) is 5.56 Å². The van der Waals surface area contributed by atoms with Crippen molar-refractivity contribution in [3.8, 4) is 5.75 Å². The molecule has 1 fully saturated rings. The summed E-state index contributed by atoms with van der Waals surface area (Å²) in [4.78, 5) is 46.0. The minimum Gasteiger partial charge on any atom is -0.481 e. The molecule has 2 aromatic carbocycles. The fraction of sp³-hybridized carbons (Fsp3) is 0.0556. The van der Waals surface area contributed by atoms with E-state index in [9.17, 15) is 24.5 Å². The summed E-state index contributed by atoms with van der Waals surface area (Å²) < 4.78 is 5.10. The van der Waals surface area contributed by atoms with Crippen LogP contribution >= 0.6 is 0 Å². The zero-order chi connectivity index (χ0) is 20.3. The molecule has 10 nitrogen and oxygen atoms in total. The SMILES string of the molecule is O=C(O)COc1ccc([N+](=O)[O-])cc1C=C1C(=O)NN(c2ccccc2)C1=O. The Balaban J connectivity index is 2.00. The molecule has 0 atom stereocenters. The first-order valence-electron chi connectivity index (χ1n) is 7.92. The molecule has 0 saturated carbocycles. The molecule has 0 aromatic heterocycles. The predicted molar refractivity (Wildman–Crippen MR) is 96.3 cm³/mol. The largest absolute Gasteiger partial charge is 0.481 e. The number of hydrogen-bond donors (Lipinski definition) is 2. The lowest BCUT2D eigenvalue weighted by atomic mass is 10.1. The maximum atomic E-state index is 12.6. The van der Waals surface area contributed by atoms with Gasteiger partial charge < -0.3 is 9.84 Å². The number of nitro groups is 1. The van der Waals surface area contributed by atoms with Gasteiger partial charge in [0, 0.05) is 17.7 Å². The van der Waals surface area contributed by atoms with Gasteiger partial charge in [0.05, 0.1) is 10.6 Å². The molecule has 0 bridgehead atoms. The van der Waals surface area contributed by atoms with Crippen LogP contribution in [-0.4, -0.2) is 34.4 Å². The minimum absolute atomic E-state index is 0.0146. The average Bonchev–Trinajstić information content (AvgIpc) is 2.95. The first kappa shape index (κ1) is 18.6. The number of carbonyl (C=O) groups is 3. The predicted octanol–water partition coefficient (Wildman–Crippen LogP) is 1.52. The van der Waals surface area contributed by atoms with Gasteiger partial charge in [-0.05, 0) is 24.3 Å². The Morgan fingerprint density at radius 2 is 1.93 bits per heavy atom. The smallest absolute Gasteiger partial charge is 0.341 e. The number of rotatable bonds is 6. The number of hydrazine groups is 1. The summed E-state index contributed by atoms with van der Waals surface area (Å²) in [6, 6.07) is 11.8. The number of amides is 2. The zero-order valence-corrected chi connectivity index (χ0v) is 14.2. The van der Waals surface area contributed by atoms with E-state index in [0.717, 1.165) is 23.2 Å². The third-order valence-electron chi connectivity index (χ3n) is 3.76. The van der Waals surface area contributed by atoms with Gasteiger partial charge >= 0.3 is 5.97 Å². The van der Waals surface area contributed by atoms with Crippen molar-refractivity contribution in [2.45, 2.75) is 0 Å². The second-order valence-electron chi connectivity index (χ2n) is 5.64. The van der Waals surface area contributed by atoms with Crippen molar-refractivity contribution in [1.82, 2.24) is 5.43 Å². The number of aliphatic carboxylic acids is 1. The molecular weight excluding hydrogens is 370 g/mol. The lowest BCUT2D eigenvalue weighted by Gasteiger charge is -2.13. The summed E-state index contributed by atoms with van der Waals surface area (Å²) in [6.45, 7) is -0.690. The Bertz CT molecular complexity index is 1000. The number of nitrogens with one attached hydrogen (secondary N) is 1. The quantitative estimate of drug-likeness (QED) is 0.334. The molecule has 1 heterocycles. The molecule has 1 aliphatic heterocycles. The molecule has 2 aromatic rings. The summed E-state index contributed by atoms with van der Waals surface area (Å²) in [6.07, 6.45) is 1.13. The second-order valence-corrected chi connectivity index (χ2v) is 5.64. The average molecular weight is 383 g/mol. The van der Waals surface area contributed by atoms with Gasteiger partial charge in [0.15, 0.2) is 6.61 Å². The van der Waals surface area contributed by atoms with Crippen molar-refractivity contribution < 1.29 is 29.2 Å². The molecular formula is C18H13N3O7. The molecule has 10 heteroatoms. The fourth-order valence-electron chi connectivity index (χ4n) is 2.50. The molecule has 0 radical (unpaired) electrons. The third kappa shape index (κ3) is 3.80. The van der Waals surface area contributed by atoms with E-state index in [-0.39, 0.29) is 22.6 Å². The number of anilines is 1. The molecule has 0 spiro atoms. The van der Waals surface area contributed by atoms with Crippen molar-refractivity contribution in [1.29, 1.82) is 0 Å². The summed E-state index contributed by atoms with van der Waals surface area (Å²) >= 11 is 0. The van der Waals surface area contributed by atoms with E-state index >= 15 is 0 Å². The first-order chi connectivity index (χ1) is 13.4. The normalized spacial score (nSPS) is 14.9. The van der Waals surface area contributed by atoms with Gasteiger partial charge in [0.1, 0.15) is 11.3 Å². The van der Waals surface area contributed by atoms with Crippen molar-refractivity contribution in [3.05, 3.63) is 69.8 Å². The van der Waals surface area contributed by atoms with Gasteiger partial charge in [-0.15, -0.1) is 0 Å². The van der Waals surface area contributed by atoms with Gasteiger partial charge in [-0.3, -0.25) is 25.1 Å². The Labute approximate surface area is 157 Å². The summed E-state index contributed by atoms with van der Waals surface area (Å²) in [5, 5.41) is 20.8. The molecule has 0 unspecified atom stereocenters. The number of nitro benzene ring substituents is 1. The molecule has 142 valence electrons. The highest BCUT2D eigenvalue weighted by Crippen LogP contribution is 2.28. The Hall–Kier alpha value is -4.21. The topological polar surface area (TPSA) is 139 Å². The highest BCUT2D eigenvalue weighted by molar-refractivity contribution is 6.31. The van der Waals surface area contributed by atoms with Crippen LogP contribution in [0.25, 0.3) is 6.08 Å². The fourth-order valence-corrected chi connectivity index (χ4v) is 2.50. The molecule has 2 N–H and O–H groups in total. The third-order valence-corrected chi connectivity index (χ3v) is 3.76. The van der Waals surface area contributed by atoms with E-state index < -0.39 is 29.3 Å². The van der Waals surface area contributed by atoms with Crippen LogP contribution in [0.3, 0.4) is 0 Å². The standard InChI is InChI=1S/C18H13N3O7/c22-16(23)10-28-15-7-6-13(21(26)27)8-11(15)9-14-17(24)19-20(18(14)25)12-4-2-1-3-5-12/h1-9H,10H2,(H,19,24)(H,22,23). The number of carboxylic acids is 1. The van der Waals surface area contributed by atoms with Gasteiger partial charge in [-0.25, -0.2) is 9.80 Å². The van der Waals surface area contributed by atoms with Gasteiger partial charge in [0.25, 0.3) is 17.5 Å². The molecule has 1 aliphatic rings. The van der Waals surface area contributed by atoms with Crippen molar-refractivity contribution in [2.75, 3.05) is 11.6 Å². The van der Waals surface area contributed by atoms with E-state index in [4.69, 9.17) is 9.84 Å². The number of carboxylic acid groups (broad SMARTS) is 1. The van der Waals surface area contributed by atoms with Gasteiger partial charge in [0.2, 0.25) is 0 Å². The molecule has 0 aliphatic carbocycles. The lowest BCUT2D eigenvalue weighted by molar-refractivity contribution is -0.384. The maximum Gasteiger partial charge on any atom is 0.341 e. The van der Waals surface area contributed by atoms with Crippen LogP contribution in [0, 0.1) is 10.1 Å². The van der Waals surface area contributed by atoms with Gasteiger partial charge in [-0.1, -0.05) is 18.2 Å². The maximum absolute atomic E-state index is 12.6. The highest BCUT2D eigenvalue weighted by Gasteiger charge is 2.34. The number of ether oxygens (including phenoxy) is 1. The zero-order valence-electron chi connectivity index (χ0n) is 14.2. The van der Waals surface area contributed by atoms with Gasteiger partial charge in [-0.2, -0.15) is 0 Å². The number of non-ortho nitro benzene ring substituents is 1. The Kier molecular flexibility index (Phi) is 5.03. The minimum atomic E-state index is -1.25. The monoisotopic (exact) mass is 383 g/mol. The number of nitrogens with zero attached hydrogens (tertiary/aromatic N) is 2. The van der Waals surface area contributed by atoms with E-state index in [2.05, 4.69) is 5.43 Å². The van der Waals surface area contributed by atoms with E-state index in [1.807, 2.05) is 0 Å². The van der Waals surface area contributed by atoms with Crippen LogP contribution in [-0.2, 0) is 14.4 Å². The van der Waals surface area contributed by atoms with Crippen LogP contribution < -0.4 is 15.2 Å². The number of benzene rings is 2. The summed E-state index contributed by atoms with van der Waals surface area (Å²) in [5.74, 6) is -2.63. The van der Waals surface area contributed by atoms with Crippen molar-refractivity contribution in [2.24, 2.45) is 0 Å². The number of hydrogen-bond acceptors (Lipinski definition) is 6. The number of carbonyl (C=O) groups excluding carboxylic acids is 2. The Morgan fingerprint density at radius 3 is 2.57 bits per heavy atom. The summed E-state index contributed by atoms with van der Waals surface area (Å²) in [5.41, 5.74) is 2.29. The molecule has 2 amide bonds. The lowest BCUT2D eigenvalue weighted by Crippen LogP contribution is -2.35. The van der Waals surface area contributed by atoms with E-state index in [1.165, 1.54) is 6.07 Å².